The first-order chi connectivity index (χ1) is 9.67. The average molecular weight is 288 g/mol. The SMILES string of the molecule is CN=C(NCc1ccc(C)cc1)NCc1ncc(C)s1. The van der Waals surface area contributed by atoms with Crippen LogP contribution in [0.2, 0.25) is 0 Å². The number of aryl methyl sites for hydroxylation is 2. The van der Waals surface area contributed by atoms with Crippen LogP contribution in [0, 0.1) is 13.8 Å². The third-order valence-electron chi connectivity index (χ3n) is 2.88. The number of guanidine groups is 1. The number of thiazole rings is 1. The van der Waals surface area contributed by atoms with Gasteiger partial charge >= 0.3 is 0 Å². The van der Waals surface area contributed by atoms with E-state index in [9.17, 15) is 0 Å². The molecule has 5 heteroatoms. The highest BCUT2D eigenvalue weighted by atomic mass is 32.1. The molecule has 0 saturated carbocycles. The lowest BCUT2D eigenvalue weighted by Crippen LogP contribution is -2.36. The minimum absolute atomic E-state index is 0.700. The number of hydrogen-bond acceptors (Lipinski definition) is 3. The molecule has 0 saturated heterocycles. The van der Waals surface area contributed by atoms with Gasteiger partial charge in [0, 0.05) is 24.7 Å². The molecule has 20 heavy (non-hydrogen) atoms. The standard InChI is InChI=1S/C15H20N4S/c1-11-4-6-13(7-5-11)9-18-15(16-3)19-10-14-17-8-12(2)20-14/h4-8H,9-10H2,1-3H3,(H2,16,18,19). The van der Waals surface area contributed by atoms with Crippen LogP contribution in [-0.2, 0) is 13.1 Å². The van der Waals surface area contributed by atoms with E-state index in [-0.39, 0.29) is 0 Å². The second-order valence-electron chi connectivity index (χ2n) is 4.63. The van der Waals surface area contributed by atoms with E-state index in [1.54, 1.807) is 18.4 Å². The van der Waals surface area contributed by atoms with Gasteiger partial charge in [0.15, 0.2) is 5.96 Å². The van der Waals surface area contributed by atoms with E-state index in [1.807, 2.05) is 6.20 Å². The van der Waals surface area contributed by atoms with Gasteiger partial charge in [-0.3, -0.25) is 4.99 Å². The first kappa shape index (κ1) is 14.5. The highest BCUT2D eigenvalue weighted by molar-refractivity contribution is 7.11. The summed E-state index contributed by atoms with van der Waals surface area (Å²) < 4.78 is 0. The molecule has 0 spiro atoms. The maximum absolute atomic E-state index is 4.32. The number of aliphatic imine (C=N–C) groups is 1. The van der Waals surface area contributed by atoms with E-state index < -0.39 is 0 Å². The van der Waals surface area contributed by atoms with Crippen molar-refractivity contribution in [1.29, 1.82) is 0 Å². The lowest BCUT2D eigenvalue weighted by molar-refractivity contribution is 0.805. The fraction of sp³-hybridized carbons (Fsp3) is 0.333. The Labute approximate surface area is 124 Å². The molecule has 1 aromatic heterocycles. The molecule has 0 bridgehead atoms. The second kappa shape index (κ2) is 7.05. The molecule has 1 heterocycles. The molecule has 2 rings (SSSR count). The summed E-state index contributed by atoms with van der Waals surface area (Å²) in [7, 11) is 1.78. The van der Waals surface area contributed by atoms with Crippen LogP contribution in [0.15, 0.2) is 35.5 Å². The lowest BCUT2D eigenvalue weighted by atomic mass is 10.1. The summed E-state index contributed by atoms with van der Waals surface area (Å²) in [6, 6.07) is 8.48. The Morgan fingerprint density at radius 2 is 1.85 bits per heavy atom. The minimum Gasteiger partial charge on any atom is -0.352 e. The van der Waals surface area contributed by atoms with E-state index >= 15 is 0 Å². The van der Waals surface area contributed by atoms with Crippen LogP contribution in [0.5, 0.6) is 0 Å². The molecular formula is C15H20N4S. The number of nitrogens with zero attached hydrogens (tertiary/aromatic N) is 2. The van der Waals surface area contributed by atoms with E-state index in [1.165, 1.54) is 16.0 Å². The second-order valence-corrected chi connectivity index (χ2v) is 5.95. The van der Waals surface area contributed by atoms with Crippen LogP contribution in [0.3, 0.4) is 0 Å². The Kier molecular flexibility index (Phi) is 5.12. The summed E-state index contributed by atoms with van der Waals surface area (Å²) in [4.78, 5) is 9.76. The molecule has 0 unspecified atom stereocenters. The Bertz CT molecular complexity index is 572. The van der Waals surface area contributed by atoms with Crippen molar-refractivity contribution < 1.29 is 0 Å². The number of hydrogen-bond donors (Lipinski definition) is 2. The van der Waals surface area contributed by atoms with Gasteiger partial charge in [-0.15, -0.1) is 11.3 Å². The normalized spacial score (nSPS) is 11.4. The van der Waals surface area contributed by atoms with E-state index in [0.29, 0.717) is 6.54 Å². The molecule has 2 aromatic rings. The predicted molar refractivity (Wildman–Crippen MR) is 85.1 cm³/mol. The molecule has 0 aliphatic rings. The van der Waals surface area contributed by atoms with E-state index in [4.69, 9.17) is 0 Å². The zero-order valence-corrected chi connectivity index (χ0v) is 12.9. The van der Waals surface area contributed by atoms with E-state index in [2.05, 4.69) is 58.7 Å². The van der Waals surface area contributed by atoms with Crippen LogP contribution in [0.25, 0.3) is 0 Å². The third-order valence-corrected chi connectivity index (χ3v) is 3.79. The van der Waals surface area contributed by atoms with Crippen LogP contribution >= 0.6 is 11.3 Å². The van der Waals surface area contributed by atoms with Gasteiger partial charge in [0.05, 0.1) is 6.54 Å². The summed E-state index contributed by atoms with van der Waals surface area (Å²) in [5, 5.41) is 7.64. The summed E-state index contributed by atoms with van der Waals surface area (Å²) in [6.07, 6.45) is 1.89. The van der Waals surface area contributed by atoms with Gasteiger partial charge < -0.3 is 10.6 Å². The highest BCUT2D eigenvalue weighted by Crippen LogP contribution is 2.10. The summed E-state index contributed by atoms with van der Waals surface area (Å²) in [6.45, 7) is 5.61. The van der Waals surface area contributed by atoms with Crippen molar-refractivity contribution in [2.45, 2.75) is 26.9 Å². The molecular weight excluding hydrogens is 268 g/mol. The Balaban J connectivity index is 1.82. The monoisotopic (exact) mass is 288 g/mol. The summed E-state index contributed by atoms with van der Waals surface area (Å²) in [5.74, 6) is 0.790. The van der Waals surface area contributed by atoms with Gasteiger partial charge in [-0.05, 0) is 19.4 Å². The molecule has 0 atom stereocenters. The smallest absolute Gasteiger partial charge is 0.191 e. The quantitative estimate of drug-likeness (QED) is 0.671. The van der Waals surface area contributed by atoms with Crippen molar-refractivity contribution >= 4 is 17.3 Å². The van der Waals surface area contributed by atoms with Gasteiger partial charge in [0.1, 0.15) is 5.01 Å². The molecule has 0 aliphatic carbocycles. The fourth-order valence-corrected chi connectivity index (χ4v) is 2.48. The minimum atomic E-state index is 0.700. The van der Waals surface area contributed by atoms with Gasteiger partial charge in [-0.1, -0.05) is 29.8 Å². The van der Waals surface area contributed by atoms with Gasteiger partial charge in [0.25, 0.3) is 0 Å². The zero-order valence-electron chi connectivity index (χ0n) is 12.1. The molecule has 106 valence electrons. The summed E-state index contributed by atoms with van der Waals surface area (Å²) in [5.41, 5.74) is 2.51. The molecule has 1 aromatic carbocycles. The third kappa shape index (κ3) is 4.35. The Morgan fingerprint density at radius 3 is 2.45 bits per heavy atom. The van der Waals surface area contributed by atoms with Crippen molar-refractivity contribution in [3.63, 3.8) is 0 Å². The molecule has 0 radical (unpaired) electrons. The Hall–Kier alpha value is -1.88. The predicted octanol–water partition coefficient (Wildman–Crippen LogP) is 2.63. The van der Waals surface area contributed by atoms with Gasteiger partial charge in [-0.25, -0.2) is 4.98 Å². The maximum Gasteiger partial charge on any atom is 0.191 e. The van der Waals surface area contributed by atoms with Crippen LogP contribution < -0.4 is 10.6 Å². The fourth-order valence-electron chi connectivity index (χ4n) is 1.75. The van der Waals surface area contributed by atoms with Crippen LogP contribution in [0.1, 0.15) is 21.0 Å². The molecule has 2 N–H and O–H groups in total. The van der Waals surface area contributed by atoms with Crippen molar-refractivity contribution in [2.75, 3.05) is 7.05 Å². The van der Waals surface area contributed by atoms with Crippen molar-refractivity contribution in [3.05, 3.63) is 51.5 Å². The Morgan fingerprint density at radius 1 is 1.15 bits per heavy atom. The van der Waals surface area contributed by atoms with Gasteiger partial charge in [0.2, 0.25) is 0 Å². The number of benzene rings is 1. The number of rotatable bonds is 4. The average Bonchev–Trinajstić information content (AvgIpc) is 2.87. The topological polar surface area (TPSA) is 49.3 Å². The van der Waals surface area contributed by atoms with Crippen molar-refractivity contribution in [2.24, 2.45) is 4.99 Å². The zero-order chi connectivity index (χ0) is 14.4. The highest BCUT2D eigenvalue weighted by Gasteiger charge is 2.01. The van der Waals surface area contributed by atoms with Gasteiger partial charge in [-0.2, -0.15) is 0 Å². The summed E-state index contributed by atoms with van der Waals surface area (Å²) >= 11 is 1.70. The molecule has 0 aliphatic heterocycles. The van der Waals surface area contributed by atoms with Crippen molar-refractivity contribution in [1.82, 2.24) is 15.6 Å². The first-order valence-corrected chi connectivity index (χ1v) is 7.40. The molecule has 0 fully saturated rings. The van der Waals surface area contributed by atoms with Crippen LogP contribution in [-0.4, -0.2) is 18.0 Å². The number of aromatic nitrogens is 1. The number of nitrogens with one attached hydrogen (secondary N) is 2. The molecule has 4 nitrogen and oxygen atoms in total. The van der Waals surface area contributed by atoms with Crippen molar-refractivity contribution in [3.8, 4) is 0 Å². The molecule has 0 amide bonds. The van der Waals surface area contributed by atoms with E-state index in [0.717, 1.165) is 17.5 Å². The van der Waals surface area contributed by atoms with Crippen LogP contribution in [0.4, 0.5) is 0 Å². The first-order valence-electron chi connectivity index (χ1n) is 6.59. The largest absolute Gasteiger partial charge is 0.352 e. The maximum atomic E-state index is 4.32. The lowest BCUT2D eigenvalue weighted by Gasteiger charge is -2.11.